The molecular weight excluding hydrogens is 717 g/mol. The number of hydrazine groups is 4. The largest absolute Gasteiger partial charge is 0.507 e. The number of nitrogens with one attached hydrogen (secondary N) is 2. The zero-order valence-corrected chi connectivity index (χ0v) is 30.6. The van der Waals surface area contributed by atoms with Crippen LogP contribution in [0, 0.1) is 59.0 Å². The van der Waals surface area contributed by atoms with Crippen molar-refractivity contribution in [3.8, 4) is 23.0 Å². The Kier molecular flexibility index (Phi) is 9.76. The minimum Gasteiger partial charge on any atom is -0.507 e. The minimum absolute atomic E-state index is 0.202. The minimum atomic E-state index is 0.202. The van der Waals surface area contributed by atoms with Crippen LogP contribution in [0.1, 0.15) is 44.5 Å². The molecule has 0 unspecified atom stereocenters. The number of benzene rings is 5. The Bertz CT molecular complexity index is 1900. The van der Waals surface area contributed by atoms with E-state index in [1.54, 1.807) is 0 Å². The highest BCUT2D eigenvalue weighted by Crippen LogP contribution is 2.38. The summed E-state index contributed by atoms with van der Waals surface area (Å²) in [6.45, 7) is 14.8. The van der Waals surface area contributed by atoms with Gasteiger partial charge in [0.25, 0.3) is 0 Å². The lowest BCUT2D eigenvalue weighted by atomic mass is 10.1. The normalized spacial score (nSPS) is 10.9. The molecule has 0 heterocycles. The third-order valence-corrected chi connectivity index (χ3v) is 9.05. The van der Waals surface area contributed by atoms with Crippen LogP contribution >= 0.6 is 22.6 Å². The summed E-state index contributed by atoms with van der Waals surface area (Å²) in [6.07, 6.45) is 0. The van der Waals surface area contributed by atoms with Crippen molar-refractivity contribution in [2.45, 2.75) is 55.4 Å². The second-order valence-corrected chi connectivity index (χ2v) is 13.6. The molecular formula is C38H42IN5O4. The number of phenolic OH excluding ortho intramolecular Hbond substituents is 4. The number of aromatic hydroxyl groups is 4. The Morgan fingerprint density at radius 3 is 1.06 bits per heavy atom. The van der Waals surface area contributed by atoms with E-state index >= 15 is 0 Å². The van der Waals surface area contributed by atoms with Gasteiger partial charge in [-0.3, -0.25) is 10.9 Å². The summed E-state index contributed by atoms with van der Waals surface area (Å²) in [7, 11) is 0. The van der Waals surface area contributed by atoms with Crippen LogP contribution in [0.2, 0.25) is 0 Å². The van der Waals surface area contributed by atoms with Crippen molar-refractivity contribution in [1.29, 1.82) is 0 Å². The van der Waals surface area contributed by atoms with Gasteiger partial charge < -0.3 is 20.4 Å². The van der Waals surface area contributed by atoms with E-state index in [1.807, 2.05) is 144 Å². The number of rotatable bonds is 9. The molecule has 0 fully saturated rings. The zero-order chi connectivity index (χ0) is 35.0. The van der Waals surface area contributed by atoms with Crippen molar-refractivity contribution < 1.29 is 20.4 Å². The maximum absolute atomic E-state index is 10.9. The maximum Gasteiger partial charge on any atom is 0.121 e. The standard InChI is InChI=1S/C38H42IN5O4/c1-21-13-31(14-22(2)35(21)45)41-43(33-17-25(5)37(47)26(6)18-33)44(34-19-27(7)38(48)28(8)20-34)42(40-30-11-9-29(39)10-12-30)32-15-23(3)36(46)24(4)16-32/h9-20,40-41,45-48H,1-8H3. The molecule has 250 valence electrons. The third kappa shape index (κ3) is 6.98. The highest BCUT2D eigenvalue weighted by Gasteiger charge is 2.29. The quantitative estimate of drug-likeness (QED) is 0.0497. The summed E-state index contributed by atoms with van der Waals surface area (Å²) in [5.41, 5.74) is 16.3. The Labute approximate surface area is 295 Å². The Morgan fingerprint density at radius 2 is 0.708 bits per heavy atom. The van der Waals surface area contributed by atoms with Crippen LogP contribution in [0.3, 0.4) is 0 Å². The van der Waals surface area contributed by atoms with E-state index < -0.39 is 0 Å². The molecule has 0 aliphatic heterocycles. The van der Waals surface area contributed by atoms with Crippen LogP contribution in [0.15, 0.2) is 72.8 Å². The van der Waals surface area contributed by atoms with Gasteiger partial charge in [0.15, 0.2) is 0 Å². The molecule has 0 aliphatic rings. The Hall–Kier alpha value is -4.97. The predicted octanol–water partition coefficient (Wildman–Crippen LogP) is 9.28. The number of nitrogens with zero attached hydrogens (tertiary/aromatic N) is 3. The van der Waals surface area contributed by atoms with E-state index in [4.69, 9.17) is 0 Å². The third-order valence-electron chi connectivity index (χ3n) is 8.33. The van der Waals surface area contributed by atoms with Gasteiger partial charge in [-0.1, -0.05) is 0 Å². The molecule has 0 aromatic heterocycles. The molecule has 5 aromatic carbocycles. The fraction of sp³-hybridized carbons (Fsp3) is 0.211. The lowest BCUT2D eigenvalue weighted by Crippen LogP contribution is -2.59. The van der Waals surface area contributed by atoms with Crippen LogP contribution in [-0.4, -0.2) is 20.4 Å². The van der Waals surface area contributed by atoms with Crippen molar-refractivity contribution in [2.75, 3.05) is 26.2 Å². The molecule has 0 bridgehead atoms. The summed E-state index contributed by atoms with van der Waals surface area (Å²) in [4.78, 5) is 0. The van der Waals surface area contributed by atoms with Gasteiger partial charge in [0.2, 0.25) is 0 Å². The van der Waals surface area contributed by atoms with Crippen molar-refractivity contribution in [2.24, 2.45) is 0 Å². The van der Waals surface area contributed by atoms with Crippen molar-refractivity contribution >= 4 is 51.0 Å². The average molecular weight is 760 g/mol. The summed E-state index contributed by atoms with van der Waals surface area (Å²) in [5, 5.41) is 48.7. The van der Waals surface area contributed by atoms with Gasteiger partial charge >= 0.3 is 0 Å². The van der Waals surface area contributed by atoms with Crippen LogP contribution in [0.5, 0.6) is 23.0 Å². The van der Waals surface area contributed by atoms with Gasteiger partial charge in [0.1, 0.15) is 23.0 Å². The first kappa shape index (κ1) is 34.4. The first-order valence-electron chi connectivity index (χ1n) is 15.5. The van der Waals surface area contributed by atoms with Crippen molar-refractivity contribution in [3.63, 3.8) is 0 Å². The molecule has 0 spiro atoms. The molecule has 0 atom stereocenters. The zero-order valence-electron chi connectivity index (χ0n) is 28.4. The van der Waals surface area contributed by atoms with Gasteiger partial charge in [-0.2, -0.15) is 15.4 Å². The number of halogens is 1. The Morgan fingerprint density at radius 1 is 0.417 bits per heavy atom. The lowest BCUT2D eigenvalue weighted by Gasteiger charge is -2.46. The van der Waals surface area contributed by atoms with Crippen LogP contribution < -0.4 is 26.2 Å². The van der Waals surface area contributed by atoms with E-state index in [2.05, 4.69) is 33.4 Å². The molecule has 0 saturated heterocycles. The van der Waals surface area contributed by atoms with Crippen LogP contribution in [0.4, 0.5) is 28.4 Å². The van der Waals surface area contributed by atoms with E-state index in [1.165, 1.54) is 0 Å². The molecule has 0 radical (unpaired) electrons. The van der Waals surface area contributed by atoms with Gasteiger partial charge in [-0.05, 0) is 195 Å². The monoisotopic (exact) mass is 759 g/mol. The van der Waals surface area contributed by atoms with Gasteiger partial charge in [-0.25, -0.2) is 0 Å². The second-order valence-electron chi connectivity index (χ2n) is 12.4. The molecule has 6 N–H and O–H groups in total. The van der Waals surface area contributed by atoms with Gasteiger partial charge in [-0.15, -0.1) is 0 Å². The molecule has 0 aliphatic carbocycles. The Balaban J connectivity index is 1.86. The molecule has 48 heavy (non-hydrogen) atoms. The number of hydrogen-bond acceptors (Lipinski definition) is 9. The number of phenols is 4. The average Bonchev–Trinajstić information content (AvgIpc) is 3.03. The van der Waals surface area contributed by atoms with Gasteiger partial charge in [0.05, 0.1) is 28.4 Å². The summed E-state index contributed by atoms with van der Waals surface area (Å²) >= 11 is 2.27. The lowest BCUT2D eigenvalue weighted by molar-refractivity contribution is 0.466. The fourth-order valence-electron chi connectivity index (χ4n) is 5.71. The number of hydrogen-bond donors (Lipinski definition) is 6. The summed E-state index contributed by atoms with van der Waals surface area (Å²) in [6, 6.07) is 23.1. The van der Waals surface area contributed by atoms with E-state index in [9.17, 15) is 20.4 Å². The van der Waals surface area contributed by atoms with Gasteiger partial charge in [0, 0.05) is 3.57 Å². The van der Waals surface area contributed by atoms with E-state index in [-0.39, 0.29) is 23.0 Å². The summed E-state index contributed by atoms with van der Waals surface area (Å²) in [5.74, 6) is 0.845. The van der Waals surface area contributed by atoms with E-state index in [0.717, 1.165) is 9.26 Å². The van der Waals surface area contributed by atoms with Crippen molar-refractivity contribution in [3.05, 3.63) is 121 Å². The number of anilines is 5. The van der Waals surface area contributed by atoms with E-state index in [0.29, 0.717) is 67.3 Å². The molecule has 0 saturated carbocycles. The molecule has 10 heteroatoms. The smallest absolute Gasteiger partial charge is 0.121 e. The van der Waals surface area contributed by atoms with Crippen molar-refractivity contribution in [1.82, 2.24) is 0 Å². The highest BCUT2D eigenvalue weighted by molar-refractivity contribution is 14.1. The fourth-order valence-corrected chi connectivity index (χ4v) is 6.07. The predicted molar refractivity (Wildman–Crippen MR) is 204 cm³/mol. The molecule has 9 nitrogen and oxygen atoms in total. The molecule has 5 aromatic rings. The molecule has 5 rings (SSSR count). The SMILES string of the molecule is Cc1cc(NN(c2cc(C)c(O)c(C)c2)N(c2cc(C)c(O)c(C)c2)N(Nc2ccc(I)cc2)c2cc(C)c(O)c(C)c2)cc(C)c1O. The van der Waals surface area contributed by atoms with Crippen LogP contribution in [-0.2, 0) is 0 Å². The highest BCUT2D eigenvalue weighted by atomic mass is 127. The second kappa shape index (κ2) is 13.6. The first-order chi connectivity index (χ1) is 22.6. The van der Waals surface area contributed by atoms with Crippen LogP contribution in [0.25, 0.3) is 0 Å². The number of aryl methyl sites for hydroxylation is 8. The maximum atomic E-state index is 10.9. The topological polar surface area (TPSA) is 115 Å². The summed E-state index contributed by atoms with van der Waals surface area (Å²) < 4.78 is 1.08. The first-order valence-corrected chi connectivity index (χ1v) is 16.6. The molecule has 0 amide bonds.